The lowest BCUT2D eigenvalue weighted by molar-refractivity contribution is -0.139. The predicted molar refractivity (Wildman–Crippen MR) is 175 cm³/mol. The van der Waals surface area contributed by atoms with Crippen molar-refractivity contribution in [2.24, 2.45) is 4.99 Å². The molecule has 238 valence electrons. The van der Waals surface area contributed by atoms with E-state index in [1.54, 1.807) is 40.7 Å². The van der Waals surface area contributed by atoms with E-state index in [-0.39, 0.29) is 29.3 Å². The van der Waals surface area contributed by atoms with Gasteiger partial charge in [0, 0.05) is 0 Å². The van der Waals surface area contributed by atoms with Crippen molar-refractivity contribution in [2.75, 3.05) is 11.9 Å². The number of fused-ring (bicyclic) bond motifs is 1. The number of carbonyl (C=O) groups excluding carboxylic acids is 2. The molecule has 0 saturated carbocycles. The minimum absolute atomic E-state index is 0.0109. The fraction of sp³-hybridized carbons (Fsp3) is 0.156. The number of ether oxygens (including phenoxy) is 1. The van der Waals surface area contributed by atoms with E-state index in [0.29, 0.717) is 32.0 Å². The predicted octanol–water partition coefficient (Wildman–Crippen LogP) is 3.46. The minimum atomic E-state index is -1.13. The van der Waals surface area contributed by atoms with Gasteiger partial charge < -0.3 is 15.2 Å². The third kappa shape index (κ3) is 6.52. The van der Waals surface area contributed by atoms with Crippen molar-refractivity contribution < 1.29 is 24.2 Å². The van der Waals surface area contributed by atoms with E-state index in [1.165, 1.54) is 17.4 Å². The third-order valence-electron chi connectivity index (χ3n) is 7.16. The number of hydrogen-bond acceptors (Lipinski definition) is 10. The van der Waals surface area contributed by atoms with Crippen LogP contribution >= 0.6 is 22.7 Å². The summed E-state index contributed by atoms with van der Waals surface area (Å²) in [6, 6.07) is 16.8. The van der Waals surface area contributed by atoms with Gasteiger partial charge in [-0.1, -0.05) is 59.0 Å². The monoisotopic (exact) mass is 669 g/mol. The molecule has 4 heterocycles. The first kappa shape index (κ1) is 31.3. The molecule has 2 aromatic carbocycles. The Labute approximate surface area is 274 Å². The number of carbonyl (C=O) groups is 3. The quantitative estimate of drug-likeness (QED) is 0.201. The highest BCUT2D eigenvalue weighted by Gasteiger charge is 2.33. The van der Waals surface area contributed by atoms with Gasteiger partial charge in [-0.25, -0.2) is 24.1 Å². The summed E-state index contributed by atoms with van der Waals surface area (Å²) in [4.78, 5) is 55.6. The molecule has 13 nitrogen and oxygen atoms in total. The maximum atomic E-state index is 13.9. The van der Waals surface area contributed by atoms with E-state index < -0.39 is 24.0 Å². The summed E-state index contributed by atoms with van der Waals surface area (Å²) in [5.74, 6) is -1.64. The molecule has 2 amide bonds. The number of thiazole rings is 1. The number of esters is 1. The standard InChI is InChI=1S/C32H27N7O6S2/c1-3-45-30(43)25-18(2)34-32-39(26(25)20-9-5-4-6-10-20)28(40)24(47-32)15-19-8-7-11-22(14-19)38-17-21(36-37-38)16-33-31(44)35-27-23(29(41)42)12-13-46-27/h4-15,17,26H,3,16H2,1-2H3,(H,41,42)(H2,33,35,44)/b24-15-. The topological polar surface area (TPSA) is 170 Å². The normalized spacial score (nSPS) is 14.3. The SMILES string of the molecule is CCOC(=O)C1=C(C)N=c2s/c(=C\c3cccc(-n4cc(CNC(=O)Nc5sccc5C(=O)O)nn4)c3)c(=O)n2C1c1ccccc1. The summed E-state index contributed by atoms with van der Waals surface area (Å²) in [6.45, 7) is 3.73. The van der Waals surface area contributed by atoms with Crippen LogP contribution in [-0.2, 0) is 16.1 Å². The number of anilines is 1. The van der Waals surface area contributed by atoms with Gasteiger partial charge >= 0.3 is 18.0 Å². The second-order valence-electron chi connectivity index (χ2n) is 10.2. The summed E-state index contributed by atoms with van der Waals surface area (Å²) in [5, 5.41) is 24.5. The molecule has 1 unspecified atom stereocenters. The second-order valence-corrected chi connectivity index (χ2v) is 12.2. The third-order valence-corrected chi connectivity index (χ3v) is 8.97. The number of thiophene rings is 1. The minimum Gasteiger partial charge on any atom is -0.478 e. The maximum absolute atomic E-state index is 13.9. The molecule has 5 aromatic rings. The van der Waals surface area contributed by atoms with Crippen molar-refractivity contribution in [3.8, 4) is 5.69 Å². The molecular formula is C32H27N7O6S2. The molecule has 0 bridgehead atoms. The summed E-state index contributed by atoms with van der Waals surface area (Å²) in [6.07, 6.45) is 3.42. The molecule has 0 saturated heterocycles. The number of aromatic nitrogens is 4. The Hall–Kier alpha value is -5.67. The molecule has 3 aromatic heterocycles. The van der Waals surface area contributed by atoms with Crippen LogP contribution in [0.2, 0.25) is 0 Å². The molecule has 1 aliphatic heterocycles. The van der Waals surface area contributed by atoms with E-state index in [1.807, 2.05) is 54.6 Å². The van der Waals surface area contributed by atoms with Crippen LogP contribution in [-0.4, -0.2) is 49.2 Å². The van der Waals surface area contributed by atoms with Gasteiger partial charge in [-0.3, -0.25) is 14.7 Å². The highest BCUT2D eigenvalue weighted by Crippen LogP contribution is 2.30. The highest BCUT2D eigenvalue weighted by molar-refractivity contribution is 7.14. The lowest BCUT2D eigenvalue weighted by Crippen LogP contribution is -2.39. The Morgan fingerprint density at radius 3 is 2.68 bits per heavy atom. The first-order chi connectivity index (χ1) is 22.7. The Kier molecular flexibility index (Phi) is 8.90. The zero-order valence-corrected chi connectivity index (χ0v) is 26.7. The number of hydrogen-bond donors (Lipinski definition) is 3. The summed E-state index contributed by atoms with van der Waals surface area (Å²) < 4.78 is 8.87. The van der Waals surface area contributed by atoms with Crippen LogP contribution in [0.3, 0.4) is 0 Å². The van der Waals surface area contributed by atoms with E-state index in [4.69, 9.17) is 4.74 Å². The second kappa shape index (κ2) is 13.4. The molecule has 0 fully saturated rings. The van der Waals surface area contributed by atoms with Crippen LogP contribution in [0.15, 0.2) is 93.3 Å². The molecule has 0 aliphatic carbocycles. The van der Waals surface area contributed by atoms with Gasteiger partial charge in [0.25, 0.3) is 5.56 Å². The summed E-state index contributed by atoms with van der Waals surface area (Å²) >= 11 is 2.34. The van der Waals surface area contributed by atoms with Crippen molar-refractivity contribution in [2.45, 2.75) is 26.4 Å². The van der Waals surface area contributed by atoms with Crippen LogP contribution in [0, 0.1) is 0 Å². The van der Waals surface area contributed by atoms with Gasteiger partial charge in [-0.05, 0) is 54.6 Å². The van der Waals surface area contributed by atoms with Crippen molar-refractivity contribution in [3.05, 3.63) is 126 Å². The Morgan fingerprint density at radius 2 is 1.91 bits per heavy atom. The number of nitrogens with zero attached hydrogens (tertiary/aromatic N) is 5. The highest BCUT2D eigenvalue weighted by atomic mass is 32.1. The number of allylic oxidation sites excluding steroid dienone is 1. The van der Waals surface area contributed by atoms with Crippen molar-refractivity contribution in [1.29, 1.82) is 0 Å². The number of carboxylic acids is 1. The van der Waals surface area contributed by atoms with E-state index >= 15 is 0 Å². The van der Waals surface area contributed by atoms with E-state index in [9.17, 15) is 24.3 Å². The molecule has 0 spiro atoms. The van der Waals surface area contributed by atoms with Gasteiger partial charge in [-0.2, -0.15) is 0 Å². The molecule has 15 heteroatoms. The zero-order chi connectivity index (χ0) is 33.1. The first-order valence-electron chi connectivity index (χ1n) is 14.4. The van der Waals surface area contributed by atoms with Crippen LogP contribution in [0.1, 0.15) is 47.1 Å². The molecule has 0 radical (unpaired) electrons. The summed E-state index contributed by atoms with van der Waals surface area (Å²) in [5.41, 5.74) is 3.18. The Morgan fingerprint density at radius 1 is 1.11 bits per heavy atom. The Balaban J connectivity index is 1.25. The van der Waals surface area contributed by atoms with Crippen LogP contribution < -0.4 is 25.5 Å². The van der Waals surface area contributed by atoms with Gasteiger partial charge in [0.05, 0.1) is 52.4 Å². The van der Waals surface area contributed by atoms with Crippen molar-refractivity contribution in [3.63, 3.8) is 0 Å². The molecule has 1 atom stereocenters. The number of amides is 2. The fourth-order valence-electron chi connectivity index (χ4n) is 5.05. The van der Waals surface area contributed by atoms with E-state index in [0.717, 1.165) is 22.5 Å². The molecule has 6 rings (SSSR count). The van der Waals surface area contributed by atoms with Crippen LogP contribution in [0.4, 0.5) is 9.80 Å². The zero-order valence-electron chi connectivity index (χ0n) is 25.0. The lowest BCUT2D eigenvalue weighted by atomic mass is 9.96. The first-order valence-corrected chi connectivity index (χ1v) is 16.0. The number of nitrogens with one attached hydrogen (secondary N) is 2. The van der Waals surface area contributed by atoms with E-state index in [2.05, 4.69) is 25.9 Å². The van der Waals surface area contributed by atoms with Gasteiger partial charge in [0.1, 0.15) is 10.7 Å². The van der Waals surface area contributed by atoms with Gasteiger partial charge in [-0.15, -0.1) is 16.4 Å². The van der Waals surface area contributed by atoms with Crippen LogP contribution in [0.25, 0.3) is 11.8 Å². The fourth-order valence-corrected chi connectivity index (χ4v) is 6.87. The average molecular weight is 670 g/mol. The van der Waals surface area contributed by atoms with Crippen molar-refractivity contribution >= 4 is 51.7 Å². The summed E-state index contributed by atoms with van der Waals surface area (Å²) in [7, 11) is 0. The van der Waals surface area contributed by atoms with Gasteiger partial charge in [0.15, 0.2) is 4.80 Å². The van der Waals surface area contributed by atoms with Crippen LogP contribution in [0.5, 0.6) is 0 Å². The molecular weight excluding hydrogens is 643 g/mol. The molecule has 1 aliphatic rings. The number of benzene rings is 2. The Bertz CT molecular complexity index is 2210. The molecule has 47 heavy (non-hydrogen) atoms. The average Bonchev–Trinajstić information content (AvgIpc) is 3.80. The number of carboxylic acid groups (broad SMARTS) is 1. The maximum Gasteiger partial charge on any atom is 0.338 e. The smallest absolute Gasteiger partial charge is 0.338 e. The van der Waals surface area contributed by atoms with Gasteiger partial charge in [0.2, 0.25) is 0 Å². The largest absolute Gasteiger partial charge is 0.478 e. The lowest BCUT2D eigenvalue weighted by Gasteiger charge is -2.24. The number of rotatable bonds is 9. The number of urea groups is 1. The molecule has 3 N–H and O–H groups in total. The number of aromatic carboxylic acids is 1. The van der Waals surface area contributed by atoms with Crippen molar-refractivity contribution in [1.82, 2.24) is 24.9 Å².